The highest BCUT2D eigenvalue weighted by Gasteiger charge is 2.08. The van der Waals surface area contributed by atoms with E-state index in [1.54, 1.807) is 0 Å². The van der Waals surface area contributed by atoms with Gasteiger partial charge in [-0.25, -0.2) is 0 Å². The summed E-state index contributed by atoms with van der Waals surface area (Å²) in [6.45, 7) is 9.32. The lowest BCUT2D eigenvalue weighted by atomic mass is 10.6. The summed E-state index contributed by atoms with van der Waals surface area (Å²) in [5, 5.41) is 0. The van der Waals surface area contributed by atoms with E-state index in [2.05, 4.69) is 6.92 Å². The molecule has 0 aliphatic rings. The third-order valence-corrected chi connectivity index (χ3v) is 3.43. The van der Waals surface area contributed by atoms with E-state index in [-0.39, 0.29) is 0 Å². The zero-order valence-corrected chi connectivity index (χ0v) is 8.08. The van der Waals surface area contributed by atoms with Gasteiger partial charge >= 0.3 is 9.28 Å². The fourth-order valence-electron chi connectivity index (χ4n) is 0.753. The van der Waals surface area contributed by atoms with Crippen molar-refractivity contribution in [3.63, 3.8) is 0 Å². The second-order valence-corrected chi connectivity index (χ2v) is 4.09. The molecule has 0 bridgehead atoms. The molecule has 10 heavy (non-hydrogen) atoms. The lowest BCUT2D eigenvalue weighted by Gasteiger charge is -2.12. The van der Waals surface area contributed by atoms with Crippen molar-refractivity contribution in [2.75, 3.05) is 13.2 Å². The molecule has 0 atom stereocenters. The van der Waals surface area contributed by atoms with Gasteiger partial charge in [-0.1, -0.05) is 13.3 Å². The lowest BCUT2D eigenvalue weighted by Crippen LogP contribution is -2.22. The Hall–Kier alpha value is 0.137. The van der Waals surface area contributed by atoms with E-state index in [4.69, 9.17) is 8.85 Å². The van der Waals surface area contributed by atoms with Gasteiger partial charge < -0.3 is 8.85 Å². The predicted octanol–water partition coefficient (Wildman–Crippen LogP) is 1.50. The van der Waals surface area contributed by atoms with Crippen molar-refractivity contribution in [2.24, 2.45) is 0 Å². The fourth-order valence-corrected chi connectivity index (χ4v) is 2.26. The second-order valence-electron chi connectivity index (χ2n) is 1.98. The van der Waals surface area contributed by atoms with E-state index < -0.39 is 9.28 Å². The maximum Gasteiger partial charge on any atom is 0.321 e. The van der Waals surface area contributed by atoms with Crippen molar-refractivity contribution in [3.05, 3.63) is 6.92 Å². The molecule has 0 amide bonds. The van der Waals surface area contributed by atoms with Crippen molar-refractivity contribution in [1.29, 1.82) is 0 Å². The standard InChI is InChI=1S/C7H17O2Si/c1-4-7-10(8-5-2)9-6-3/h10H,1,4-7H2,2-3H3. The first-order valence-electron chi connectivity index (χ1n) is 3.87. The van der Waals surface area contributed by atoms with E-state index in [0.717, 1.165) is 25.7 Å². The summed E-state index contributed by atoms with van der Waals surface area (Å²) in [5.74, 6) is 0. The third kappa shape index (κ3) is 4.96. The zero-order valence-electron chi connectivity index (χ0n) is 6.93. The van der Waals surface area contributed by atoms with Crippen LogP contribution in [0.2, 0.25) is 6.04 Å². The molecule has 0 aliphatic heterocycles. The largest absolute Gasteiger partial charge is 0.397 e. The average molecular weight is 161 g/mol. The summed E-state index contributed by atoms with van der Waals surface area (Å²) >= 11 is 0. The summed E-state index contributed by atoms with van der Waals surface area (Å²) in [6, 6.07) is 1.03. The molecule has 0 aromatic heterocycles. The molecule has 0 saturated heterocycles. The Kier molecular flexibility index (Phi) is 7.35. The Morgan fingerprint density at radius 3 is 2.00 bits per heavy atom. The van der Waals surface area contributed by atoms with Crippen molar-refractivity contribution in [1.82, 2.24) is 0 Å². The molecule has 0 unspecified atom stereocenters. The van der Waals surface area contributed by atoms with E-state index in [1.165, 1.54) is 0 Å². The maximum absolute atomic E-state index is 5.40. The zero-order chi connectivity index (χ0) is 7.82. The van der Waals surface area contributed by atoms with Crippen molar-refractivity contribution in [2.45, 2.75) is 26.3 Å². The van der Waals surface area contributed by atoms with Gasteiger partial charge in [-0.15, -0.1) is 0 Å². The molecule has 61 valence electrons. The van der Waals surface area contributed by atoms with Gasteiger partial charge in [0.25, 0.3) is 0 Å². The molecule has 0 aliphatic carbocycles. The van der Waals surface area contributed by atoms with Crippen LogP contribution in [0.15, 0.2) is 0 Å². The fraction of sp³-hybridized carbons (Fsp3) is 0.857. The van der Waals surface area contributed by atoms with Crippen molar-refractivity contribution in [3.8, 4) is 0 Å². The van der Waals surface area contributed by atoms with Crippen LogP contribution in [0.1, 0.15) is 20.3 Å². The lowest BCUT2D eigenvalue weighted by molar-refractivity contribution is 0.213. The second kappa shape index (κ2) is 7.25. The summed E-state index contributed by atoms with van der Waals surface area (Å²) in [7, 11) is -1.30. The van der Waals surface area contributed by atoms with E-state index >= 15 is 0 Å². The quantitative estimate of drug-likeness (QED) is 0.550. The van der Waals surface area contributed by atoms with E-state index in [9.17, 15) is 0 Å². The number of hydrogen-bond acceptors (Lipinski definition) is 2. The Balaban J connectivity index is 3.30. The van der Waals surface area contributed by atoms with Crippen molar-refractivity contribution < 1.29 is 8.85 Å². The monoisotopic (exact) mass is 161 g/mol. The minimum Gasteiger partial charge on any atom is -0.397 e. The number of hydrogen-bond donors (Lipinski definition) is 0. The van der Waals surface area contributed by atoms with Gasteiger partial charge in [0.15, 0.2) is 0 Å². The third-order valence-electron chi connectivity index (χ3n) is 1.14. The van der Waals surface area contributed by atoms with Gasteiger partial charge in [-0.05, 0) is 19.9 Å². The Morgan fingerprint density at radius 1 is 1.20 bits per heavy atom. The van der Waals surface area contributed by atoms with Crippen LogP contribution in [-0.2, 0) is 8.85 Å². The first-order chi connectivity index (χ1) is 4.85. The molecular weight excluding hydrogens is 144 g/mol. The minimum absolute atomic E-state index is 0.775. The summed E-state index contributed by atoms with van der Waals surface area (Å²) in [5.41, 5.74) is 0. The molecule has 0 aromatic carbocycles. The van der Waals surface area contributed by atoms with Crippen LogP contribution in [-0.4, -0.2) is 22.5 Å². The van der Waals surface area contributed by atoms with E-state index in [1.807, 2.05) is 13.8 Å². The first-order valence-corrected chi connectivity index (χ1v) is 5.63. The Morgan fingerprint density at radius 2 is 1.70 bits per heavy atom. The summed E-state index contributed by atoms with van der Waals surface area (Å²) in [6.07, 6.45) is 0.927. The molecule has 0 saturated carbocycles. The molecular formula is C7H17O2Si. The van der Waals surface area contributed by atoms with Gasteiger partial charge in [0.05, 0.1) is 0 Å². The predicted molar refractivity (Wildman–Crippen MR) is 45.2 cm³/mol. The van der Waals surface area contributed by atoms with Gasteiger partial charge in [0.1, 0.15) is 0 Å². The van der Waals surface area contributed by atoms with Crippen molar-refractivity contribution >= 4 is 9.28 Å². The van der Waals surface area contributed by atoms with Gasteiger partial charge in [-0.2, -0.15) is 0 Å². The van der Waals surface area contributed by atoms with Crippen LogP contribution in [0, 0.1) is 6.92 Å². The van der Waals surface area contributed by atoms with Crippen LogP contribution in [0.5, 0.6) is 0 Å². The Bertz CT molecular complexity index is 54.4. The normalized spacial score (nSPS) is 10.8. The van der Waals surface area contributed by atoms with Gasteiger partial charge in [0.2, 0.25) is 0 Å². The van der Waals surface area contributed by atoms with Gasteiger partial charge in [-0.3, -0.25) is 0 Å². The molecule has 0 heterocycles. The molecule has 0 N–H and O–H groups in total. The average Bonchev–Trinajstić information content (AvgIpc) is 1.90. The molecule has 0 rings (SSSR count). The highest BCUT2D eigenvalue weighted by molar-refractivity contribution is 6.44. The molecule has 0 spiro atoms. The Labute approximate surface area is 65.4 Å². The first kappa shape index (κ1) is 10.1. The summed E-state index contributed by atoms with van der Waals surface area (Å²) in [4.78, 5) is 0. The summed E-state index contributed by atoms with van der Waals surface area (Å²) < 4.78 is 10.8. The number of rotatable bonds is 6. The van der Waals surface area contributed by atoms with Crippen LogP contribution in [0.25, 0.3) is 0 Å². The highest BCUT2D eigenvalue weighted by atomic mass is 28.3. The minimum atomic E-state index is -1.30. The maximum atomic E-state index is 5.40. The molecule has 2 nitrogen and oxygen atoms in total. The van der Waals surface area contributed by atoms with E-state index in [0.29, 0.717) is 0 Å². The smallest absolute Gasteiger partial charge is 0.321 e. The molecule has 0 aromatic rings. The SMILES string of the molecule is [CH2]CC[SiH](OCC)OCC. The molecule has 3 heteroatoms. The molecule has 0 fully saturated rings. The van der Waals surface area contributed by atoms with Gasteiger partial charge in [0, 0.05) is 13.2 Å². The topological polar surface area (TPSA) is 18.5 Å². The van der Waals surface area contributed by atoms with Crippen LogP contribution in [0.4, 0.5) is 0 Å². The molecule has 1 radical (unpaired) electrons. The van der Waals surface area contributed by atoms with Crippen LogP contribution >= 0.6 is 0 Å². The van der Waals surface area contributed by atoms with Crippen LogP contribution < -0.4 is 0 Å². The van der Waals surface area contributed by atoms with Crippen LogP contribution in [0.3, 0.4) is 0 Å². The highest BCUT2D eigenvalue weighted by Crippen LogP contribution is 1.99.